The van der Waals surface area contributed by atoms with Crippen molar-refractivity contribution in [3.05, 3.63) is 23.3 Å². The van der Waals surface area contributed by atoms with Gasteiger partial charge in [-0.3, -0.25) is 4.79 Å². The topological polar surface area (TPSA) is 38.3 Å². The molecule has 0 bridgehead atoms. The van der Waals surface area contributed by atoms with Crippen molar-refractivity contribution in [2.75, 3.05) is 25.8 Å². The molecule has 1 fully saturated rings. The molecule has 1 aromatic carbocycles. The summed E-state index contributed by atoms with van der Waals surface area (Å²) in [7, 11) is 1.40. The fraction of sp³-hybridized carbons (Fsp3) is 0.562. The largest absolute Gasteiger partial charge is 0.497 e. The molecule has 3 nitrogen and oxygen atoms in total. The van der Waals surface area contributed by atoms with Crippen LogP contribution in [-0.2, 0) is 4.79 Å². The Hall–Kier alpha value is -1.08. The monoisotopic (exact) mass is 293 g/mol. The van der Waals surface area contributed by atoms with Crippen molar-refractivity contribution in [2.24, 2.45) is 0 Å². The lowest BCUT2D eigenvalue weighted by Gasteiger charge is -2.44. The average molecular weight is 293 g/mol. The summed E-state index contributed by atoms with van der Waals surface area (Å²) in [6.45, 7) is 8.45. The molecule has 0 spiro atoms. The summed E-state index contributed by atoms with van der Waals surface area (Å²) in [5.41, 5.74) is 3.06. The van der Waals surface area contributed by atoms with E-state index in [1.165, 1.54) is 6.42 Å². The van der Waals surface area contributed by atoms with E-state index in [4.69, 9.17) is 4.74 Å². The van der Waals surface area contributed by atoms with Crippen molar-refractivity contribution >= 4 is 19.5 Å². The maximum atomic E-state index is 12.7. The maximum absolute atomic E-state index is 12.7. The standard InChI is InChI=1S/C16H24NO2P/c1-11-9-13(19-3)10-12(2)14(11)17-15(18)16(20(4)5)7-6-8-16/h9-10H,6-8H2,1-5H3,(H,17,18). The Morgan fingerprint density at radius 1 is 1.25 bits per heavy atom. The molecule has 0 saturated heterocycles. The molecular formula is C16H24NO2P. The van der Waals surface area contributed by atoms with Gasteiger partial charge in [0.05, 0.1) is 12.3 Å². The molecule has 1 aliphatic carbocycles. The van der Waals surface area contributed by atoms with Crippen LogP contribution in [0.3, 0.4) is 0 Å². The van der Waals surface area contributed by atoms with Crippen molar-refractivity contribution in [3.63, 3.8) is 0 Å². The van der Waals surface area contributed by atoms with Crippen LogP contribution in [0.25, 0.3) is 0 Å². The van der Waals surface area contributed by atoms with Crippen LogP contribution >= 0.6 is 7.92 Å². The van der Waals surface area contributed by atoms with E-state index in [0.29, 0.717) is 0 Å². The predicted molar refractivity (Wildman–Crippen MR) is 86.4 cm³/mol. The minimum atomic E-state index is -0.260. The van der Waals surface area contributed by atoms with Crippen molar-refractivity contribution < 1.29 is 9.53 Å². The average Bonchev–Trinajstić information content (AvgIpc) is 2.31. The molecular weight excluding hydrogens is 269 g/mol. The van der Waals surface area contributed by atoms with Crippen LogP contribution in [0.5, 0.6) is 5.75 Å². The van der Waals surface area contributed by atoms with Gasteiger partial charge in [-0.15, -0.1) is 0 Å². The third-order valence-electron chi connectivity index (χ3n) is 4.44. The van der Waals surface area contributed by atoms with Gasteiger partial charge in [0.15, 0.2) is 0 Å². The van der Waals surface area contributed by atoms with Crippen molar-refractivity contribution in [3.8, 4) is 5.75 Å². The quantitative estimate of drug-likeness (QED) is 0.855. The molecule has 4 heteroatoms. The molecule has 0 atom stereocenters. The first-order valence-corrected chi connectivity index (χ1v) is 9.28. The summed E-state index contributed by atoms with van der Waals surface area (Å²) in [6.07, 6.45) is 3.24. The zero-order valence-corrected chi connectivity index (χ0v) is 13.9. The summed E-state index contributed by atoms with van der Waals surface area (Å²) >= 11 is 0. The zero-order chi connectivity index (χ0) is 14.9. The van der Waals surface area contributed by atoms with Crippen LogP contribution in [0.15, 0.2) is 12.1 Å². The first-order chi connectivity index (χ1) is 9.40. The molecule has 0 heterocycles. The number of hydrogen-bond acceptors (Lipinski definition) is 2. The van der Waals surface area contributed by atoms with Gasteiger partial charge in [-0.25, -0.2) is 0 Å². The van der Waals surface area contributed by atoms with E-state index in [0.717, 1.165) is 35.4 Å². The van der Waals surface area contributed by atoms with Gasteiger partial charge in [0.2, 0.25) is 5.91 Å². The van der Waals surface area contributed by atoms with Gasteiger partial charge in [0.1, 0.15) is 5.75 Å². The predicted octanol–water partition coefficient (Wildman–Crippen LogP) is 3.91. The number of benzene rings is 1. The lowest BCUT2D eigenvalue weighted by atomic mass is 9.83. The van der Waals surface area contributed by atoms with E-state index in [9.17, 15) is 4.79 Å². The van der Waals surface area contributed by atoms with E-state index in [-0.39, 0.29) is 19.0 Å². The minimum Gasteiger partial charge on any atom is -0.497 e. The molecule has 20 heavy (non-hydrogen) atoms. The van der Waals surface area contributed by atoms with Gasteiger partial charge in [-0.2, -0.15) is 0 Å². The first kappa shape index (κ1) is 15.3. The Morgan fingerprint density at radius 2 is 1.80 bits per heavy atom. The van der Waals surface area contributed by atoms with Gasteiger partial charge in [-0.1, -0.05) is 14.3 Å². The Kier molecular flexibility index (Phi) is 4.39. The van der Waals surface area contributed by atoms with Crippen LogP contribution < -0.4 is 10.1 Å². The normalized spacial score (nSPS) is 16.7. The van der Waals surface area contributed by atoms with E-state index in [2.05, 4.69) is 18.6 Å². The van der Waals surface area contributed by atoms with E-state index >= 15 is 0 Å². The number of rotatable bonds is 4. The third kappa shape index (κ3) is 2.56. The molecule has 1 aliphatic rings. The number of nitrogens with one attached hydrogen (secondary N) is 1. The smallest absolute Gasteiger partial charge is 0.234 e. The first-order valence-electron chi connectivity index (χ1n) is 7.05. The molecule has 1 saturated carbocycles. The second kappa shape index (κ2) is 5.73. The van der Waals surface area contributed by atoms with E-state index in [1.807, 2.05) is 26.0 Å². The number of hydrogen-bond donors (Lipinski definition) is 1. The highest BCUT2D eigenvalue weighted by Crippen LogP contribution is 2.56. The number of amides is 1. The summed E-state index contributed by atoms with van der Waals surface area (Å²) < 4.78 is 5.26. The Balaban J connectivity index is 2.24. The lowest BCUT2D eigenvalue weighted by molar-refractivity contribution is -0.120. The third-order valence-corrected chi connectivity index (χ3v) is 6.80. The van der Waals surface area contributed by atoms with Gasteiger partial charge in [0.25, 0.3) is 0 Å². The zero-order valence-electron chi connectivity index (χ0n) is 13.0. The Bertz CT molecular complexity index is 498. The molecule has 110 valence electrons. The fourth-order valence-corrected chi connectivity index (χ4v) is 4.53. The second-order valence-electron chi connectivity index (χ2n) is 5.87. The van der Waals surface area contributed by atoms with Crippen LogP contribution in [0, 0.1) is 13.8 Å². The van der Waals surface area contributed by atoms with Crippen molar-refractivity contribution in [2.45, 2.75) is 38.3 Å². The van der Waals surface area contributed by atoms with Gasteiger partial charge < -0.3 is 10.1 Å². The maximum Gasteiger partial charge on any atom is 0.234 e. The number of carbonyl (C=O) groups is 1. The summed E-state index contributed by atoms with van der Waals surface area (Å²) in [4.78, 5) is 12.7. The van der Waals surface area contributed by atoms with E-state index in [1.54, 1.807) is 7.11 Å². The molecule has 0 aromatic heterocycles. The van der Waals surface area contributed by atoms with E-state index < -0.39 is 0 Å². The molecule has 2 rings (SSSR count). The summed E-state index contributed by atoms with van der Waals surface area (Å²) in [5.74, 6) is 1.04. The number of methoxy groups -OCH3 is 1. The van der Waals surface area contributed by atoms with Gasteiger partial charge in [0, 0.05) is 5.69 Å². The molecule has 0 radical (unpaired) electrons. The van der Waals surface area contributed by atoms with Crippen molar-refractivity contribution in [1.29, 1.82) is 0 Å². The van der Waals surface area contributed by atoms with Crippen molar-refractivity contribution in [1.82, 2.24) is 0 Å². The number of aryl methyl sites for hydroxylation is 2. The van der Waals surface area contributed by atoms with Crippen LogP contribution in [-0.4, -0.2) is 31.5 Å². The summed E-state index contributed by atoms with van der Waals surface area (Å²) in [5, 5.41) is 3.07. The molecule has 0 unspecified atom stereocenters. The highest BCUT2D eigenvalue weighted by atomic mass is 31.1. The molecule has 0 aliphatic heterocycles. The number of carbonyl (C=O) groups excluding carboxylic acids is 1. The Morgan fingerprint density at radius 3 is 2.15 bits per heavy atom. The van der Waals surface area contributed by atoms with Crippen LogP contribution in [0.2, 0.25) is 0 Å². The SMILES string of the molecule is COc1cc(C)c(NC(=O)C2(P(C)C)CCC2)c(C)c1. The van der Waals surface area contributed by atoms with Gasteiger partial charge in [-0.05, 0) is 63.3 Å². The molecule has 1 N–H and O–H groups in total. The highest BCUT2D eigenvalue weighted by Gasteiger charge is 2.46. The number of ether oxygens (including phenoxy) is 1. The summed E-state index contributed by atoms with van der Waals surface area (Å²) in [6, 6.07) is 3.94. The molecule has 1 aromatic rings. The molecule has 1 amide bonds. The fourth-order valence-electron chi connectivity index (χ4n) is 2.86. The van der Waals surface area contributed by atoms with Crippen LogP contribution in [0.1, 0.15) is 30.4 Å². The van der Waals surface area contributed by atoms with Crippen LogP contribution in [0.4, 0.5) is 5.69 Å². The second-order valence-corrected chi connectivity index (χ2v) is 8.51. The minimum absolute atomic E-state index is 0.103. The lowest BCUT2D eigenvalue weighted by Crippen LogP contribution is -2.46. The van der Waals surface area contributed by atoms with Gasteiger partial charge >= 0.3 is 0 Å². The Labute approximate surface area is 122 Å². The highest BCUT2D eigenvalue weighted by molar-refractivity contribution is 7.59. The number of anilines is 1.